The van der Waals surface area contributed by atoms with E-state index >= 15 is 0 Å². The summed E-state index contributed by atoms with van der Waals surface area (Å²) in [6, 6.07) is -8.37. The van der Waals surface area contributed by atoms with E-state index in [-0.39, 0.29) is 25.9 Å². The molecule has 3 heterocycles. The SMILES string of the molecule is CC(=O)N[C@H]1[C@H](O[C@H]2[C@H](O[C@H](C)C(=O)N[C@@H](C)C(=O)N[C@H](CCC(=O)N[C@@H](CCC[C@@H]([NH3+])C(=O)[O-])C(=O)[O-])C(=O)[O-])[C@@H](NC(C)=O)[C@@H]3OC[C@H]2O3)O[C@H](CO)[C@@H](O)[C@@H]1O. The highest BCUT2D eigenvalue weighted by Gasteiger charge is 2.56. The van der Waals surface area contributed by atoms with Gasteiger partial charge in [-0.05, 0) is 33.1 Å². The topological polar surface area (TPSA) is 400 Å². The van der Waals surface area contributed by atoms with E-state index in [1.807, 2.05) is 0 Å². The average molecular weight is 849 g/mol. The average Bonchev–Trinajstić information content (AvgIpc) is 3.60. The summed E-state index contributed by atoms with van der Waals surface area (Å²) in [5.41, 5.74) is 3.35. The minimum absolute atomic E-state index is 0.0270. The first-order valence-electron chi connectivity index (χ1n) is 18.7. The van der Waals surface area contributed by atoms with Gasteiger partial charge in [0.1, 0.15) is 66.9 Å². The Kier molecular flexibility index (Phi) is 18.3. The van der Waals surface area contributed by atoms with E-state index in [0.29, 0.717) is 0 Å². The third-order valence-electron chi connectivity index (χ3n) is 9.73. The number of carboxylic acids is 3. The molecule has 0 aromatic heterocycles. The van der Waals surface area contributed by atoms with Crippen LogP contribution in [0.2, 0.25) is 0 Å². The van der Waals surface area contributed by atoms with Crippen LogP contribution in [0.1, 0.15) is 59.8 Å². The lowest BCUT2D eigenvalue weighted by Crippen LogP contribution is -2.68. The van der Waals surface area contributed by atoms with Gasteiger partial charge in [-0.3, -0.25) is 24.0 Å². The first-order valence-corrected chi connectivity index (χ1v) is 18.7. The van der Waals surface area contributed by atoms with Gasteiger partial charge < -0.3 is 101 Å². The first-order chi connectivity index (χ1) is 27.6. The summed E-state index contributed by atoms with van der Waals surface area (Å²) in [6.07, 6.45) is -13.7. The second kappa shape index (κ2) is 22.1. The van der Waals surface area contributed by atoms with E-state index < -0.39 is 158 Å². The molecule has 25 heteroatoms. The molecule has 3 saturated heterocycles. The molecule has 0 spiro atoms. The molecule has 0 unspecified atom stereocenters. The van der Waals surface area contributed by atoms with Gasteiger partial charge >= 0.3 is 0 Å². The lowest BCUT2D eigenvalue weighted by atomic mass is 9.95. The highest BCUT2D eigenvalue weighted by molar-refractivity contribution is 5.91. The van der Waals surface area contributed by atoms with Crippen LogP contribution in [0.4, 0.5) is 0 Å². The van der Waals surface area contributed by atoms with Gasteiger partial charge in [0.05, 0.1) is 43.2 Å². The molecule has 3 fully saturated rings. The Hall–Kier alpha value is -4.60. The Morgan fingerprint density at radius 3 is 1.97 bits per heavy atom. The summed E-state index contributed by atoms with van der Waals surface area (Å²) in [7, 11) is 0. The van der Waals surface area contributed by atoms with Crippen LogP contribution in [0.25, 0.3) is 0 Å². The third-order valence-corrected chi connectivity index (χ3v) is 9.73. The van der Waals surface area contributed by atoms with E-state index in [4.69, 9.17) is 23.7 Å². The Balaban J connectivity index is 1.67. The summed E-state index contributed by atoms with van der Waals surface area (Å²) >= 11 is 0. The Morgan fingerprint density at radius 1 is 0.780 bits per heavy atom. The van der Waals surface area contributed by atoms with Crippen LogP contribution in [0.5, 0.6) is 0 Å². The molecule has 334 valence electrons. The van der Waals surface area contributed by atoms with Gasteiger partial charge in [-0.2, -0.15) is 0 Å². The maximum absolute atomic E-state index is 13.4. The number of aliphatic carboxylic acids is 3. The van der Waals surface area contributed by atoms with Crippen molar-refractivity contribution in [2.75, 3.05) is 13.2 Å². The molecule has 59 heavy (non-hydrogen) atoms. The van der Waals surface area contributed by atoms with Gasteiger partial charge in [0.15, 0.2) is 12.6 Å². The lowest BCUT2D eigenvalue weighted by molar-refractivity contribution is -0.438. The van der Waals surface area contributed by atoms with Crippen molar-refractivity contribution in [3.63, 3.8) is 0 Å². The van der Waals surface area contributed by atoms with Crippen molar-refractivity contribution >= 4 is 47.4 Å². The van der Waals surface area contributed by atoms with Crippen LogP contribution < -0.4 is 47.6 Å². The fourth-order valence-corrected chi connectivity index (χ4v) is 6.54. The third kappa shape index (κ3) is 13.7. The Bertz CT molecular complexity index is 1540. The largest absolute Gasteiger partial charge is 0.548 e. The van der Waals surface area contributed by atoms with Gasteiger partial charge in [-0.1, -0.05) is 0 Å². The molecule has 0 aromatic carbocycles. The second-order valence-electron chi connectivity index (χ2n) is 14.4. The number of carboxylic acid groups (broad SMARTS) is 3. The molecule has 0 radical (unpaired) electrons. The molecule has 2 bridgehead atoms. The summed E-state index contributed by atoms with van der Waals surface area (Å²) in [5, 5.41) is 76.8. The van der Waals surface area contributed by atoms with Crippen molar-refractivity contribution in [3.05, 3.63) is 0 Å². The zero-order chi connectivity index (χ0) is 44.3. The quantitative estimate of drug-likeness (QED) is 0.0488. The Morgan fingerprint density at radius 2 is 1.39 bits per heavy atom. The fourth-order valence-electron chi connectivity index (χ4n) is 6.54. The maximum atomic E-state index is 13.4. The molecule has 5 amide bonds. The molecule has 0 aromatic rings. The number of rotatable bonds is 22. The number of ether oxygens (including phenoxy) is 5. The fraction of sp³-hybridized carbons (Fsp3) is 0.765. The minimum Gasteiger partial charge on any atom is -0.548 e. The zero-order valence-corrected chi connectivity index (χ0v) is 32.7. The highest BCUT2D eigenvalue weighted by Crippen LogP contribution is 2.35. The predicted molar refractivity (Wildman–Crippen MR) is 183 cm³/mol. The van der Waals surface area contributed by atoms with E-state index in [1.54, 1.807) is 0 Å². The molecule has 3 aliphatic rings. The van der Waals surface area contributed by atoms with Crippen LogP contribution in [0, 0.1) is 0 Å². The van der Waals surface area contributed by atoms with Gasteiger partial charge in [0.2, 0.25) is 29.5 Å². The molecule has 3 aliphatic heterocycles. The zero-order valence-electron chi connectivity index (χ0n) is 32.7. The van der Waals surface area contributed by atoms with Crippen molar-refractivity contribution < 1.29 is 98.4 Å². The van der Waals surface area contributed by atoms with Gasteiger partial charge in [-0.25, -0.2) is 0 Å². The number of hydrogen-bond donors (Lipinski definition) is 9. The number of amides is 5. The number of hydrogen-bond acceptors (Lipinski definition) is 19. The number of quaternary nitrogens is 1. The maximum Gasteiger partial charge on any atom is 0.249 e. The monoisotopic (exact) mass is 848 g/mol. The van der Waals surface area contributed by atoms with Crippen LogP contribution >= 0.6 is 0 Å². The number of fused-ring (bicyclic) bond motifs is 2. The van der Waals surface area contributed by atoms with E-state index in [2.05, 4.69) is 32.3 Å². The van der Waals surface area contributed by atoms with Crippen LogP contribution in [-0.4, -0.2) is 168 Å². The summed E-state index contributed by atoms with van der Waals surface area (Å²) in [5.74, 6) is -8.98. The number of aliphatic hydroxyl groups is 3. The Labute approximate surface area is 336 Å². The standard InChI is InChI=1S/C34H54N6O19/c1-12(28(47)40-18(32(53)54)8-9-21(44)39-17(31(51)52)7-5-6-16(35)30(49)50)36-29(48)13(2)56-27-23(38-15(4)43)33-55-11-20(58-33)26(27)59-34-22(37-14(3)42)25(46)24(45)19(10-41)57-34/h12-13,16-20,22-27,33-34,41,45-46H,5-11,35H2,1-4H3,(H,36,48)(H,37,42)(H,38,43)(H,39,44)(H,40,47)(H,49,50)(H,51,52)(H,53,54)/p-2/t12-,13+,16+,17-,18+,19+,20+,22+,23+,24+,25+,26+,27+,33+,34-/m0/s1. The number of carbonyl (C=O) groups excluding carboxylic acids is 8. The minimum atomic E-state index is -1.80. The van der Waals surface area contributed by atoms with E-state index in [0.717, 1.165) is 6.92 Å². The normalized spacial score (nSPS) is 30.0. The van der Waals surface area contributed by atoms with Gasteiger partial charge in [0.25, 0.3) is 0 Å². The van der Waals surface area contributed by atoms with Gasteiger partial charge in [0, 0.05) is 26.7 Å². The number of aliphatic hydroxyl groups excluding tert-OH is 3. The van der Waals surface area contributed by atoms with Crippen LogP contribution in [0.3, 0.4) is 0 Å². The molecule has 15 atom stereocenters. The lowest BCUT2D eigenvalue weighted by Gasteiger charge is -2.47. The van der Waals surface area contributed by atoms with Gasteiger partial charge in [-0.15, -0.1) is 0 Å². The summed E-state index contributed by atoms with van der Waals surface area (Å²) in [4.78, 5) is 97.2. The molecule has 25 nitrogen and oxygen atoms in total. The molecular weight excluding hydrogens is 796 g/mol. The van der Waals surface area contributed by atoms with E-state index in [9.17, 15) is 69.0 Å². The van der Waals surface area contributed by atoms with Crippen molar-refractivity contribution in [1.29, 1.82) is 0 Å². The summed E-state index contributed by atoms with van der Waals surface area (Å²) in [6.45, 7) is 3.94. The number of nitrogens with one attached hydrogen (secondary N) is 5. The van der Waals surface area contributed by atoms with Crippen LogP contribution in [-0.2, 0) is 62.0 Å². The smallest absolute Gasteiger partial charge is 0.249 e. The van der Waals surface area contributed by atoms with E-state index in [1.165, 1.54) is 20.8 Å². The number of carbonyl (C=O) groups is 8. The van der Waals surface area contributed by atoms with Crippen molar-refractivity contribution in [2.45, 2.75) is 151 Å². The molecule has 0 saturated carbocycles. The molecule has 11 N–H and O–H groups in total. The van der Waals surface area contributed by atoms with Crippen LogP contribution in [0.15, 0.2) is 0 Å². The van der Waals surface area contributed by atoms with Crippen molar-refractivity contribution in [3.8, 4) is 0 Å². The molecular formula is C34H52N6O19-2. The molecule has 3 rings (SSSR count). The van der Waals surface area contributed by atoms with Crippen molar-refractivity contribution in [1.82, 2.24) is 26.6 Å². The highest BCUT2D eigenvalue weighted by atomic mass is 16.8. The van der Waals surface area contributed by atoms with Crippen molar-refractivity contribution in [2.24, 2.45) is 0 Å². The molecule has 0 aliphatic carbocycles. The second-order valence-corrected chi connectivity index (χ2v) is 14.4. The predicted octanol–water partition coefficient (Wildman–Crippen LogP) is -10.4. The first kappa shape index (κ1) is 48.8. The summed E-state index contributed by atoms with van der Waals surface area (Å²) < 4.78 is 29.5.